The number of benzene rings is 2. The summed E-state index contributed by atoms with van der Waals surface area (Å²) in [5.74, 6) is -1.36. The van der Waals surface area contributed by atoms with Gasteiger partial charge in [0.25, 0.3) is 0 Å². The van der Waals surface area contributed by atoms with E-state index in [-0.39, 0.29) is 0 Å². The predicted molar refractivity (Wildman–Crippen MR) is 93.0 cm³/mol. The molecule has 0 aliphatic carbocycles. The first-order valence-electron chi connectivity index (χ1n) is 7.81. The summed E-state index contributed by atoms with van der Waals surface area (Å²) >= 11 is 0. The van der Waals surface area contributed by atoms with Crippen LogP contribution in [0.1, 0.15) is 28.3 Å². The monoisotopic (exact) mass is 375 g/mol. The zero-order chi connectivity index (χ0) is 20.0. The molecule has 4 N–H and O–H groups in total. The molecule has 0 aliphatic rings. The molecule has 1 atom stereocenters. The van der Waals surface area contributed by atoms with Gasteiger partial charge >= 0.3 is 12.3 Å². The SMILES string of the molecule is N#CC(=Cc1ccccc1C(N)c1cccc(CNC(F)(F)F)c1)C(=O)O. The molecule has 140 valence electrons. The van der Waals surface area contributed by atoms with Crippen molar-refractivity contribution in [2.75, 3.05) is 0 Å². The van der Waals surface area contributed by atoms with Crippen LogP contribution in [-0.2, 0) is 11.3 Å². The second kappa shape index (κ2) is 8.49. The van der Waals surface area contributed by atoms with Gasteiger partial charge in [0.2, 0.25) is 0 Å². The van der Waals surface area contributed by atoms with Gasteiger partial charge in [-0.25, -0.2) is 10.1 Å². The molecule has 8 heteroatoms. The number of nitrogens with two attached hydrogens (primary N) is 1. The van der Waals surface area contributed by atoms with Crippen LogP contribution >= 0.6 is 0 Å². The lowest BCUT2D eigenvalue weighted by Crippen LogP contribution is -2.30. The van der Waals surface area contributed by atoms with Crippen LogP contribution < -0.4 is 11.1 Å². The first-order valence-corrected chi connectivity index (χ1v) is 7.81. The maximum absolute atomic E-state index is 12.3. The number of carbonyl (C=O) groups is 1. The number of carboxylic acid groups (broad SMARTS) is 1. The Bertz CT molecular complexity index is 902. The average molecular weight is 375 g/mol. The van der Waals surface area contributed by atoms with Crippen molar-refractivity contribution in [3.05, 3.63) is 76.4 Å². The van der Waals surface area contributed by atoms with Crippen LogP contribution in [0.2, 0.25) is 0 Å². The molecule has 5 nitrogen and oxygen atoms in total. The molecule has 0 radical (unpaired) electrons. The molecule has 2 rings (SSSR count). The number of rotatable bonds is 6. The van der Waals surface area contributed by atoms with E-state index < -0.39 is 30.4 Å². The number of nitrogens with zero attached hydrogens (tertiary/aromatic N) is 1. The minimum Gasteiger partial charge on any atom is -0.477 e. The summed E-state index contributed by atoms with van der Waals surface area (Å²) in [7, 11) is 0. The predicted octanol–water partition coefficient (Wildman–Crippen LogP) is 3.34. The Hall–Kier alpha value is -3.15. The first-order chi connectivity index (χ1) is 12.7. The molecular formula is C19H16F3N3O2. The zero-order valence-electron chi connectivity index (χ0n) is 14.0. The summed E-state index contributed by atoms with van der Waals surface area (Å²) in [4.78, 5) is 11.1. The van der Waals surface area contributed by atoms with E-state index in [4.69, 9.17) is 16.1 Å². The fourth-order valence-electron chi connectivity index (χ4n) is 2.50. The van der Waals surface area contributed by atoms with Gasteiger partial charge in [-0.2, -0.15) is 18.4 Å². The Morgan fingerprint density at radius 1 is 1.26 bits per heavy atom. The van der Waals surface area contributed by atoms with Gasteiger partial charge in [0.05, 0.1) is 6.04 Å². The molecule has 27 heavy (non-hydrogen) atoms. The van der Waals surface area contributed by atoms with Crippen LogP contribution in [0.5, 0.6) is 0 Å². The number of hydrogen-bond acceptors (Lipinski definition) is 4. The van der Waals surface area contributed by atoms with Crippen LogP contribution in [0, 0.1) is 11.3 Å². The third-order valence-electron chi connectivity index (χ3n) is 3.78. The van der Waals surface area contributed by atoms with E-state index in [1.807, 2.05) is 0 Å². The van der Waals surface area contributed by atoms with Crippen molar-refractivity contribution in [3.63, 3.8) is 0 Å². The third kappa shape index (κ3) is 5.67. The van der Waals surface area contributed by atoms with Gasteiger partial charge in [0.1, 0.15) is 11.6 Å². The van der Waals surface area contributed by atoms with E-state index in [1.54, 1.807) is 54.6 Å². The van der Waals surface area contributed by atoms with Crippen LogP contribution in [0.15, 0.2) is 54.1 Å². The standard InChI is InChI=1S/C19H16F3N3O2/c20-19(21,22)25-11-12-4-3-6-14(8-12)17(24)16-7-2-1-5-13(16)9-15(10-23)18(26)27/h1-9,17,25H,11,24H2,(H,26,27). The van der Waals surface area contributed by atoms with Crippen LogP contribution in [0.4, 0.5) is 13.2 Å². The highest BCUT2D eigenvalue weighted by Crippen LogP contribution is 2.25. The molecule has 0 saturated heterocycles. The minimum atomic E-state index is -4.49. The lowest BCUT2D eigenvalue weighted by atomic mass is 9.93. The maximum Gasteiger partial charge on any atom is 0.457 e. The van der Waals surface area contributed by atoms with Crippen molar-refractivity contribution in [1.29, 1.82) is 5.26 Å². The topological polar surface area (TPSA) is 99.1 Å². The molecule has 0 aromatic heterocycles. The second-order valence-electron chi connectivity index (χ2n) is 5.68. The molecule has 0 aliphatic heterocycles. The average Bonchev–Trinajstić information content (AvgIpc) is 2.63. The summed E-state index contributed by atoms with van der Waals surface area (Å²) in [6, 6.07) is 13.9. The summed E-state index contributed by atoms with van der Waals surface area (Å²) in [5, 5.41) is 19.4. The number of halogens is 3. The summed E-state index contributed by atoms with van der Waals surface area (Å²) in [6.07, 6.45) is -3.27. The van der Waals surface area contributed by atoms with Gasteiger partial charge in [0.15, 0.2) is 0 Å². The van der Waals surface area contributed by atoms with E-state index >= 15 is 0 Å². The van der Waals surface area contributed by atoms with Gasteiger partial charge in [-0.3, -0.25) is 0 Å². The molecule has 0 heterocycles. The number of alkyl halides is 3. The van der Waals surface area contributed by atoms with Gasteiger partial charge < -0.3 is 10.8 Å². The third-order valence-corrected chi connectivity index (χ3v) is 3.78. The smallest absolute Gasteiger partial charge is 0.457 e. The molecule has 0 amide bonds. The van der Waals surface area contributed by atoms with Crippen LogP contribution in [0.3, 0.4) is 0 Å². The van der Waals surface area contributed by atoms with E-state index in [0.717, 1.165) is 0 Å². The van der Waals surface area contributed by atoms with Crippen molar-refractivity contribution in [3.8, 4) is 6.07 Å². The molecule has 0 saturated carbocycles. The zero-order valence-corrected chi connectivity index (χ0v) is 14.0. The maximum atomic E-state index is 12.3. The highest BCUT2D eigenvalue weighted by Gasteiger charge is 2.26. The Morgan fingerprint density at radius 3 is 2.59 bits per heavy atom. The number of hydrogen-bond donors (Lipinski definition) is 3. The number of carboxylic acids is 1. The summed E-state index contributed by atoms with van der Waals surface area (Å²) in [5.41, 5.74) is 7.77. The van der Waals surface area contributed by atoms with Crippen molar-refractivity contribution in [2.24, 2.45) is 5.73 Å². The van der Waals surface area contributed by atoms with Gasteiger partial charge in [-0.15, -0.1) is 0 Å². The molecule has 1 unspecified atom stereocenters. The molecule has 0 bridgehead atoms. The normalized spacial score (nSPS) is 13.1. The molecular weight excluding hydrogens is 359 g/mol. The van der Waals surface area contributed by atoms with Crippen LogP contribution in [0.25, 0.3) is 6.08 Å². The highest BCUT2D eigenvalue weighted by molar-refractivity contribution is 5.96. The summed E-state index contributed by atoms with van der Waals surface area (Å²) in [6.45, 7) is -0.400. The lowest BCUT2D eigenvalue weighted by molar-refractivity contribution is -0.158. The first kappa shape index (κ1) is 20.2. The highest BCUT2D eigenvalue weighted by atomic mass is 19.4. The van der Waals surface area contributed by atoms with Crippen molar-refractivity contribution in [1.82, 2.24) is 5.32 Å². The second-order valence-corrected chi connectivity index (χ2v) is 5.68. The van der Waals surface area contributed by atoms with Gasteiger partial charge in [-0.1, -0.05) is 48.5 Å². The lowest BCUT2D eigenvalue weighted by Gasteiger charge is -2.17. The fraction of sp³-hybridized carbons (Fsp3) is 0.158. The number of nitriles is 1. The molecule has 2 aromatic carbocycles. The Kier molecular flexibility index (Phi) is 6.34. The van der Waals surface area contributed by atoms with E-state index in [2.05, 4.69) is 0 Å². The van der Waals surface area contributed by atoms with Crippen molar-refractivity contribution >= 4 is 12.0 Å². The van der Waals surface area contributed by atoms with E-state index in [1.165, 1.54) is 11.4 Å². The number of aliphatic carboxylic acids is 1. The quantitative estimate of drug-likeness (QED) is 0.409. The van der Waals surface area contributed by atoms with Gasteiger partial charge in [-0.05, 0) is 28.3 Å². The fourth-order valence-corrected chi connectivity index (χ4v) is 2.50. The van der Waals surface area contributed by atoms with E-state index in [0.29, 0.717) is 22.3 Å². The molecule has 2 aromatic rings. The Balaban J connectivity index is 2.35. The van der Waals surface area contributed by atoms with Crippen molar-refractivity contribution in [2.45, 2.75) is 18.9 Å². The van der Waals surface area contributed by atoms with Gasteiger partial charge in [0, 0.05) is 6.54 Å². The molecule has 0 spiro atoms. The van der Waals surface area contributed by atoms with Crippen LogP contribution in [-0.4, -0.2) is 17.4 Å². The van der Waals surface area contributed by atoms with Crippen molar-refractivity contribution < 1.29 is 23.1 Å². The Morgan fingerprint density at radius 2 is 1.96 bits per heavy atom. The Labute approximate surface area is 153 Å². The van der Waals surface area contributed by atoms with E-state index in [9.17, 15) is 18.0 Å². The largest absolute Gasteiger partial charge is 0.477 e. The molecule has 0 fully saturated rings. The summed E-state index contributed by atoms with van der Waals surface area (Å²) < 4.78 is 37.0. The minimum absolute atomic E-state index is 0.400. The number of nitrogens with one attached hydrogen (secondary N) is 1.